The van der Waals surface area contributed by atoms with Gasteiger partial charge in [0.15, 0.2) is 20.2 Å². The number of nitrogens with one attached hydrogen (secondary N) is 4. The third kappa shape index (κ3) is 14.1. The topological polar surface area (TPSA) is 309 Å². The summed E-state index contributed by atoms with van der Waals surface area (Å²) in [6.45, 7) is 16.3. The second-order valence-electron chi connectivity index (χ2n) is 25.4. The molecule has 0 amide bonds. The fourth-order valence-corrected chi connectivity index (χ4v) is 19.6. The lowest BCUT2D eigenvalue weighted by atomic mass is 9.43. The first-order chi connectivity index (χ1) is 44.9. The predicted molar refractivity (Wildman–Crippen MR) is 363 cm³/mol. The van der Waals surface area contributed by atoms with Gasteiger partial charge >= 0.3 is 0 Å². The Morgan fingerprint density at radius 1 is 0.606 bits per heavy atom. The molecule has 0 spiro atoms. The van der Waals surface area contributed by atoms with Crippen LogP contribution in [0, 0.1) is 48.8 Å². The molecule has 9 aliphatic rings. The molecule has 2 aromatic carbocycles. The summed E-state index contributed by atoms with van der Waals surface area (Å²) in [5.74, 6) is 2.54. The first-order valence-electron chi connectivity index (χ1n) is 31.5. The Kier molecular flexibility index (Phi) is 19.6. The Balaban J connectivity index is 0.000000120. The number of imidazole rings is 1. The van der Waals surface area contributed by atoms with E-state index in [1.54, 1.807) is 77.6 Å². The van der Waals surface area contributed by atoms with Crippen molar-refractivity contribution in [3.63, 3.8) is 0 Å². The van der Waals surface area contributed by atoms with Gasteiger partial charge in [-0.1, -0.05) is 36.7 Å². The smallest absolute Gasteiger partial charge is 0.260 e. The molecule has 7 aromatic rings. The first-order valence-corrected chi connectivity index (χ1v) is 38.1. The van der Waals surface area contributed by atoms with Gasteiger partial charge in [-0.15, -0.1) is 0 Å². The number of hydrogen-bond acceptors (Lipinski definition) is 18. The molecule has 3 aliphatic carbocycles. The van der Waals surface area contributed by atoms with Crippen molar-refractivity contribution in [2.75, 3.05) is 32.7 Å². The summed E-state index contributed by atoms with van der Waals surface area (Å²) in [5.41, 5.74) is 9.88. The largest absolute Gasteiger partial charge is 0.341 e. The molecule has 29 heteroatoms. The van der Waals surface area contributed by atoms with Crippen LogP contribution < -0.4 is 14.2 Å². The van der Waals surface area contributed by atoms with Gasteiger partial charge in [-0.05, 0) is 185 Å². The molecule has 4 atom stereocenters. The number of aromatic nitrogens is 6. The van der Waals surface area contributed by atoms with Crippen LogP contribution in [0.1, 0.15) is 127 Å². The quantitative estimate of drug-likeness (QED) is 0.0951. The van der Waals surface area contributed by atoms with Crippen molar-refractivity contribution < 1.29 is 38.1 Å². The zero-order valence-corrected chi connectivity index (χ0v) is 57.6. The lowest BCUT2D eigenvalue weighted by Crippen LogP contribution is -2.56. The van der Waals surface area contributed by atoms with Gasteiger partial charge in [-0.3, -0.25) is 39.9 Å². The molecule has 16 rings (SSSR count). The van der Waals surface area contributed by atoms with E-state index in [4.69, 9.17) is 0 Å². The fraction of sp³-hybridized carbons (Fsp3) is 0.431. The Bertz CT molecular complexity index is 4630. The summed E-state index contributed by atoms with van der Waals surface area (Å²) < 4.78 is 125. The van der Waals surface area contributed by atoms with Crippen molar-refractivity contribution in [2.45, 2.75) is 118 Å². The number of nitrogens with zero attached hydrogens (tertiary/aromatic N) is 11. The Hall–Kier alpha value is -6.80. The molecule has 4 N–H and O–H groups in total. The number of likely N-dealkylation sites (tertiary alicyclic amines) is 1. The summed E-state index contributed by atoms with van der Waals surface area (Å²) in [4.78, 5) is 43.5. The highest BCUT2D eigenvalue weighted by Gasteiger charge is 2.56. The van der Waals surface area contributed by atoms with Gasteiger partial charge < -0.3 is 9.88 Å². The Morgan fingerprint density at radius 3 is 1.60 bits per heavy atom. The number of benzene rings is 2. The number of rotatable bonds is 11. The number of sulfonamides is 4. The maximum atomic E-state index is 13.7. The zero-order valence-electron chi connectivity index (χ0n) is 52.8. The van der Waals surface area contributed by atoms with Crippen LogP contribution in [0.4, 0.5) is 4.39 Å². The highest BCUT2D eigenvalue weighted by molar-refractivity contribution is 9.10. The number of aryl methyl sites for hydroxylation is 2. The molecule has 0 unspecified atom stereocenters. The van der Waals surface area contributed by atoms with Crippen molar-refractivity contribution in [3.05, 3.63) is 181 Å². The number of piperidine rings is 1. The van der Waals surface area contributed by atoms with E-state index in [1.807, 2.05) is 32.0 Å². The average Bonchev–Trinajstić information content (AvgIpc) is 1.11. The lowest BCUT2D eigenvalue weighted by Gasteiger charge is -2.62. The van der Waals surface area contributed by atoms with Gasteiger partial charge in [0.25, 0.3) is 40.1 Å². The number of aromatic amines is 1. The van der Waals surface area contributed by atoms with E-state index in [0.29, 0.717) is 100.0 Å². The van der Waals surface area contributed by atoms with E-state index in [9.17, 15) is 38.1 Å². The van der Waals surface area contributed by atoms with Crippen LogP contribution in [0.25, 0.3) is 11.0 Å². The lowest BCUT2D eigenvalue weighted by molar-refractivity contribution is -0.126. The third-order valence-electron chi connectivity index (χ3n) is 19.5. The van der Waals surface area contributed by atoms with Crippen LogP contribution in [-0.4, -0.2) is 132 Å². The number of halogens is 2. The predicted octanol–water partition coefficient (Wildman–Crippen LogP) is 8.13. The second-order valence-corrected chi connectivity index (χ2v) is 33.3. The minimum atomic E-state index is -3.82. The summed E-state index contributed by atoms with van der Waals surface area (Å²) in [6, 6.07) is 22.8. The van der Waals surface area contributed by atoms with Crippen molar-refractivity contribution >= 4 is 87.2 Å². The van der Waals surface area contributed by atoms with Crippen LogP contribution in [-0.2, 0) is 79.4 Å². The highest BCUT2D eigenvalue weighted by Crippen LogP contribution is 2.62. The maximum absolute atomic E-state index is 13.7. The van der Waals surface area contributed by atoms with E-state index in [1.165, 1.54) is 44.5 Å². The maximum Gasteiger partial charge on any atom is 0.260 e. The normalized spacial score (nSPS) is 21.4. The minimum absolute atomic E-state index is 0.0402. The zero-order chi connectivity index (χ0) is 66.3. The molecule has 2 saturated heterocycles. The standard InChI is InChI=1S/C18H25N3O2S.C17H17N5O2S.C16H22N4O2S.C14H11BrFN3O2S/c1-11-12(7-13-8-15(11)18(13,2)3)9-21-24(22,23)17-14-5-4-6-19-16(14)10-20-17;1-10-6-13-14(7-11(10)2)22-16(21-13)9-20-25(23,24)17-12-4-3-5-18-15(12)8-19-17;21-23(22,16-14-4-3-7-17-15(14)12-18-16)20-10-5-13(6-11-20)19-8-1-2-9-19;15-10-3-4-12(16)9(6-10)7-19-22(20,21)14-11-2-1-5-17-13(11)8-18-14/h4-6,11-13,15,21H,7-10H2,1-3H3;3-7,20H,8-9H2,1-2H3,(H,21,22);3-4,7,13H,1-2,5-6,8-12H2;1-6,19H,7-8H2/t11-,12-,13+,15+;;;/m0.../s1. The summed E-state index contributed by atoms with van der Waals surface area (Å²) in [7, 11) is -14.6. The molecule has 6 aliphatic heterocycles. The van der Waals surface area contributed by atoms with Gasteiger partial charge in [0.05, 0.1) is 66.5 Å². The van der Waals surface area contributed by atoms with E-state index in [2.05, 4.69) is 106 Å². The van der Waals surface area contributed by atoms with Gasteiger partial charge in [0.2, 0.25) is 0 Å². The monoisotopic (exact) mass is 1420 g/mol. The molecular formula is C65H75BrFN15O8S4. The fourth-order valence-electron chi connectivity index (χ4n) is 13.9. The van der Waals surface area contributed by atoms with Gasteiger partial charge in [0.1, 0.15) is 11.6 Å². The molecule has 11 heterocycles. The second kappa shape index (κ2) is 27.4. The summed E-state index contributed by atoms with van der Waals surface area (Å²) >= 11 is 3.23. The van der Waals surface area contributed by atoms with Crippen LogP contribution in [0.5, 0.6) is 0 Å². The van der Waals surface area contributed by atoms with Crippen LogP contribution in [0.3, 0.4) is 0 Å². The molecular weight excluding hydrogens is 1350 g/mol. The molecule has 2 bridgehead atoms. The van der Waals surface area contributed by atoms with E-state index >= 15 is 0 Å². The van der Waals surface area contributed by atoms with Crippen molar-refractivity contribution in [3.8, 4) is 0 Å². The SMILES string of the molecule is C[C@H]1[C@H](CNS(=O)(=O)C2=NCc3ncccc32)C[C@@H]2C[C@H]1C2(C)C.Cc1cc2nc(CNS(=O)(=O)C3=NCc4ncccc43)[nH]c2cc1C.O=S(=O)(C1=NCc2ncccc21)N1CCC(N2CCCC2)CC1.O=S(=O)(NCc1cc(Br)ccc1F)C1=NCc2ncccc21. The minimum Gasteiger partial charge on any atom is -0.341 e. The number of pyridine rings is 4. The number of aliphatic imine (C=N–C) groups is 4. The summed E-state index contributed by atoms with van der Waals surface area (Å²) in [6.07, 6.45) is 13.4. The molecule has 94 heavy (non-hydrogen) atoms. The third-order valence-corrected chi connectivity index (χ3v) is 26.0. The Morgan fingerprint density at radius 2 is 1.09 bits per heavy atom. The molecule has 5 fully saturated rings. The van der Waals surface area contributed by atoms with Crippen molar-refractivity contribution in [2.24, 2.45) is 49.1 Å². The molecule has 23 nitrogen and oxygen atoms in total. The summed E-state index contributed by atoms with van der Waals surface area (Å²) in [5, 5.41) is 0.351. The van der Waals surface area contributed by atoms with Crippen LogP contribution >= 0.6 is 15.9 Å². The van der Waals surface area contributed by atoms with E-state index < -0.39 is 45.9 Å². The number of fused-ring (bicyclic) bond motifs is 7. The molecule has 0 radical (unpaired) electrons. The molecule has 3 saturated carbocycles. The van der Waals surface area contributed by atoms with Crippen molar-refractivity contribution in [1.82, 2.24) is 53.3 Å². The van der Waals surface area contributed by atoms with Crippen molar-refractivity contribution in [1.29, 1.82) is 0 Å². The molecule has 496 valence electrons. The van der Waals surface area contributed by atoms with Crippen LogP contribution in [0.2, 0.25) is 0 Å². The van der Waals surface area contributed by atoms with Gasteiger partial charge in [0, 0.05) is 89.3 Å². The number of hydrogen-bond donors (Lipinski definition) is 4. The number of H-pyrrole nitrogens is 1. The van der Waals surface area contributed by atoms with Gasteiger partial charge in [-0.2, -0.15) is 4.31 Å². The first kappa shape index (κ1) is 67.2. The molecule has 5 aromatic heterocycles. The average molecular weight is 1420 g/mol. The van der Waals surface area contributed by atoms with Gasteiger partial charge in [-0.25, -0.2) is 57.2 Å². The van der Waals surface area contributed by atoms with E-state index in [0.717, 1.165) is 64.6 Å². The van der Waals surface area contributed by atoms with E-state index in [-0.39, 0.29) is 51.9 Å². The van der Waals surface area contributed by atoms with Crippen LogP contribution in [0.15, 0.2) is 128 Å². The Labute approximate surface area is 556 Å². The highest BCUT2D eigenvalue weighted by atomic mass is 79.9.